The van der Waals surface area contributed by atoms with Crippen LogP contribution < -0.4 is 11.1 Å². The van der Waals surface area contributed by atoms with Gasteiger partial charge in [0.25, 0.3) is 0 Å². The molecule has 0 saturated carbocycles. The van der Waals surface area contributed by atoms with Crippen molar-refractivity contribution in [2.75, 3.05) is 6.54 Å². The molecule has 0 aliphatic carbocycles. The maximum Gasteiger partial charge on any atom is 0.189 e. The van der Waals surface area contributed by atoms with Crippen LogP contribution in [0.25, 0.3) is 0 Å². The summed E-state index contributed by atoms with van der Waals surface area (Å²) >= 11 is 0. The van der Waals surface area contributed by atoms with E-state index in [2.05, 4.69) is 15.5 Å². The van der Waals surface area contributed by atoms with Gasteiger partial charge in [0.05, 0.1) is 6.10 Å². The number of pyridine rings is 1. The van der Waals surface area contributed by atoms with Crippen LogP contribution in [0.5, 0.6) is 0 Å². The largest absolute Gasteiger partial charge is 0.409 e. The standard InChI is InChI=1S/C11H18N4O2/c1-2-9(16)7-13-6-8-4-3-5-14-10(8)11(12)15-17/h3-5,9,13,16-17H,2,6-7H2,1H3,(H2,12,15). The summed E-state index contributed by atoms with van der Waals surface area (Å²) in [5.41, 5.74) is 6.79. The SMILES string of the molecule is CCC(O)CNCc1cccnc1/C(N)=N/O. The molecule has 1 aromatic heterocycles. The van der Waals surface area contributed by atoms with Crippen LogP contribution in [0.2, 0.25) is 0 Å². The first kappa shape index (κ1) is 13.4. The normalized spacial score (nSPS) is 13.6. The van der Waals surface area contributed by atoms with Crippen LogP contribution in [0, 0.1) is 0 Å². The van der Waals surface area contributed by atoms with Crippen molar-refractivity contribution in [3.63, 3.8) is 0 Å². The van der Waals surface area contributed by atoms with E-state index in [-0.39, 0.29) is 11.9 Å². The van der Waals surface area contributed by atoms with Gasteiger partial charge in [-0.3, -0.25) is 4.98 Å². The van der Waals surface area contributed by atoms with Gasteiger partial charge in [0.2, 0.25) is 0 Å². The first-order valence-corrected chi connectivity index (χ1v) is 5.49. The summed E-state index contributed by atoms with van der Waals surface area (Å²) in [5.74, 6) is -0.0153. The summed E-state index contributed by atoms with van der Waals surface area (Å²) in [6, 6.07) is 3.62. The zero-order valence-electron chi connectivity index (χ0n) is 9.80. The second-order valence-corrected chi connectivity index (χ2v) is 3.69. The lowest BCUT2D eigenvalue weighted by atomic mass is 10.1. The first-order chi connectivity index (χ1) is 8.19. The van der Waals surface area contributed by atoms with Crippen molar-refractivity contribution in [1.82, 2.24) is 10.3 Å². The van der Waals surface area contributed by atoms with Gasteiger partial charge in [-0.25, -0.2) is 0 Å². The van der Waals surface area contributed by atoms with Crippen LogP contribution in [-0.2, 0) is 6.54 Å². The van der Waals surface area contributed by atoms with Gasteiger partial charge < -0.3 is 21.4 Å². The highest BCUT2D eigenvalue weighted by atomic mass is 16.4. The molecule has 1 heterocycles. The maximum atomic E-state index is 9.39. The molecule has 0 radical (unpaired) electrons. The van der Waals surface area contributed by atoms with E-state index in [0.717, 1.165) is 5.56 Å². The molecule has 0 fully saturated rings. The number of nitrogens with zero attached hydrogens (tertiary/aromatic N) is 2. The highest BCUT2D eigenvalue weighted by molar-refractivity contribution is 5.96. The molecule has 0 spiro atoms. The number of amidine groups is 1. The molecule has 0 saturated heterocycles. The van der Waals surface area contributed by atoms with Crippen molar-refractivity contribution in [1.29, 1.82) is 0 Å². The Kier molecular flexibility index (Phi) is 5.38. The minimum absolute atomic E-state index is 0.0153. The lowest BCUT2D eigenvalue weighted by Crippen LogP contribution is -2.27. The van der Waals surface area contributed by atoms with Crippen molar-refractivity contribution in [3.8, 4) is 0 Å². The summed E-state index contributed by atoms with van der Waals surface area (Å²) in [4.78, 5) is 4.05. The quantitative estimate of drug-likeness (QED) is 0.242. The molecule has 6 heteroatoms. The third-order valence-electron chi connectivity index (χ3n) is 2.41. The number of rotatable bonds is 6. The van der Waals surface area contributed by atoms with Crippen molar-refractivity contribution in [2.24, 2.45) is 10.9 Å². The van der Waals surface area contributed by atoms with E-state index in [9.17, 15) is 5.11 Å². The molecule has 0 aliphatic rings. The zero-order chi connectivity index (χ0) is 12.7. The predicted molar refractivity (Wildman–Crippen MR) is 64.8 cm³/mol. The summed E-state index contributed by atoms with van der Waals surface area (Å²) in [6.45, 7) is 2.93. The Morgan fingerprint density at radius 3 is 3.06 bits per heavy atom. The molecule has 17 heavy (non-hydrogen) atoms. The predicted octanol–water partition coefficient (Wildman–Crippen LogP) is 0.0366. The third-order valence-corrected chi connectivity index (χ3v) is 2.41. The lowest BCUT2D eigenvalue weighted by Gasteiger charge is -2.11. The molecule has 6 nitrogen and oxygen atoms in total. The van der Waals surface area contributed by atoms with E-state index in [1.807, 2.05) is 13.0 Å². The number of oxime groups is 1. The average Bonchev–Trinajstić information content (AvgIpc) is 2.38. The van der Waals surface area contributed by atoms with E-state index >= 15 is 0 Å². The highest BCUT2D eigenvalue weighted by Crippen LogP contribution is 2.04. The van der Waals surface area contributed by atoms with Crippen LogP contribution in [0.3, 0.4) is 0 Å². The number of hydrogen-bond donors (Lipinski definition) is 4. The summed E-state index contributed by atoms with van der Waals surface area (Å²) < 4.78 is 0. The maximum absolute atomic E-state index is 9.39. The van der Waals surface area contributed by atoms with E-state index in [0.29, 0.717) is 25.2 Å². The van der Waals surface area contributed by atoms with Crippen LogP contribution in [0.15, 0.2) is 23.5 Å². The molecule has 94 valence electrons. The van der Waals surface area contributed by atoms with Gasteiger partial charge in [0, 0.05) is 19.3 Å². The number of nitrogens with one attached hydrogen (secondary N) is 1. The van der Waals surface area contributed by atoms with Crippen LogP contribution in [0.4, 0.5) is 0 Å². The molecule has 1 atom stereocenters. The van der Waals surface area contributed by atoms with E-state index < -0.39 is 0 Å². The lowest BCUT2D eigenvalue weighted by molar-refractivity contribution is 0.167. The molecule has 1 aromatic rings. The second kappa shape index (κ2) is 6.82. The highest BCUT2D eigenvalue weighted by Gasteiger charge is 2.08. The molecular formula is C11H18N4O2. The Morgan fingerprint density at radius 1 is 1.65 bits per heavy atom. The van der Waals surface area contributed by atoms with E-state index in [1.54, 1.807) is 12.3 Å². The number of hydrogen-bond acceptors (Lipinski definition) is 5. The van der Waals surface area contributed by atoms with Crippen molar-refractivity contribution < 1.29 is 10.3 Å². The number of aliphatic hydroxyl groups excluding tert-OH is 1. The number of nitrogens with two attached hydrogens (primary N) is 1. The topological polar surface area (TPSA) is 104 Å². The fourth-order valence-electron chi connectivity index (χ4n) is 1.38. The molecular weight excluding hydrogens is 220 g/mol. The Bertz CT molecular complexity index is 381. The molecule has 0 aliphatic heterocycles. The summed E-state index contributed by atoms with van der Waals surface area (Å²) in [6.07, 6.45) is 1.92. The summed E-state index contributed by atoms with van der Waals surface area (Å²) in [5, 5.41) is 24.0. The molecule has 0 aromatic carbocycles. The Hall–Kier alpha value is -1.66. The number of aromatic nitrogens is 1. The molecule has 1 rings (SSSR count). The van der Waals surface area contributed by atoms with Crippen molar-refractivity contribution in [2.45, 2.75) is 26.0 Å². The Balaban J connectivity index is 2.64. The Morgan fingerprint density at radius 2 is 2.41 bits per heavy atom. The van der Waals surface area contributed by atoms with Gasteiger partial charge in [-0.2, -0.15) is 0 Å². The van der Waals surface area contributed by atoms with Crippen molar-refractivity contribution >= 4 is 5.84 Å². The van der Waals surface area contributed by atoms with Gasteiger partial charge in [0.1, 0.15) is 5.69 Å². The van der Waals surface area contributed by atoms with Gasteiger partial charge in [0.15, 0.2) is 5.84 Å². The average molecular weight is 238 g/mol. The Labute approximate surface area is 100 Å². The monoisotopic (exact) mass is 238 g/mol. The zero-order valence-corrected chi connectivity index (χ0v) is 9.80. The second-order valence-electron chi connectivity index (χ2n) is 3.69. The van der Waals surface area contributed by atoms with Gasteiger partial charge >= 0.3 is 0 Å². The van der Waals surface area contributed by atoms with Gasteiger partial charge in [-0.05, 0) is 18.1 Å². The van der Waals surface area contributed by atoms with Crippen LogP contribution in [-0.4, -0.2) is 33.8 Å². The fraction of sp³-hybridized carbons (Fsp3) is 0.455. The first-order valence-electron chi connectivity index (χ1n) is 5.49. The van der Waals surface area contributed by atoms with E-state index in [4.69, 9.17) is 10.9 Å². The molecule has 1 unspecified atom stereocenters. The summed E-state index contributed by atoms with van der Waals surface area (Å²) in [7, 11) is 0. The molecule has 0 bridgehead atoms. The minimum atomic E-state index is -0.362. The van der Waals surface area contributed by atoms with Crippen molar-refractivity contribution in [3.05, 3.63) is 29.6 Å². The number of aliphatic hydroxyl groups is 1. The smallest absolute Gasteiger partial charge is 0.189 e. The molecule has 0 amide bonds. The third kappa shape index (κ3) is 4.01. The fourth-order valence-corrected chi connectivity index (χ4v) is 1.38. The molecule has 5 N–H and O–H groups in total. The minimum Gasteiger partial charge on any atom is -0.409 e. The van der Waals surface area contributed by atoms with Gasteiger partial charge in [-0.1, -0.05) is 18.1 Å². The van der Waals surface area contributed by atoms with Crippen LogP contribution in [0.1, 0.15) is 24.6 Å². The van der Waals surface area contributed by atoms with Gasteiger partial charge in [-0.15, -0.1) is 0 Å². The van der Waals surface area contributed by atoms with Crippen LogP contribution >= 0.6 is 0 Å². The van der Waals surface area contributed by atoms with E-state index in [1.165, 1.54) is 0 Å².